The van der Waals surface area contributed by atoms with Gasteiger partial charge in [0.1, 0.15) is 0 Å². The van der Waals surface area contributed by atoms with E-state index in [0.717, 1.165) is 4.83 Å². The largest absolute Gasteiger partial charge is 0.0891 e. The molecule has 67 valence electrons. The molecule has 0 saturated heterocycles. The third-order valence-corrected chi connectivity index (χ3v) is 2.62. The maximum absolute atomic E-state index is 3.68. The number of halogens is 1. The Morgan fingerprint density at radius 2 is 2.00 bits per heavy atom. The highest BCUT2D eigenvalue weighted by Crippen LogP contribution is 2.16. The summed E-state index contributed by atoms with van der Waals surface area (Å²) in [4.78, 5) is 0.731. The van der Waals surface area contributed by atoms with Gasteiger partial charge >= 0.3 is 0 Å². The lowest BCUT2D eigenvalue weighted by Gasteiger charge is -2.07. The molecule has 1 heteroatoms. The molecule has 0 heterocycles. The summed E-state index contributed by atoms with van der Waals surface area (Å²) < 4.78 is 0. The molecule has 1 radical (unpaired) electrons. The Bertz CT molecular complexity index is 71.3. The monoisotopic (exact) mass is 219 g/mol. The summed E-state index contributed by atoms with van der Waals surface area (Å²) in [6.45, 7) is 4.47. The summed E-state index contributed by atoms with van der Waals surface area (Å²) in [6, 6.07) is 0. The van der Waals surface area contributed by atoms with Gasteiger partial charge in [0.05, 0.1) is 0 Å². The second kappa shape index (κ2) is 8.58. The van der Waals surface area contributed by atoms with Crippen molar-refractivity contribution in [3.8, 4) is 0 Å². The zero-order valence-electron chi connectivity index (χ0n) is 7.78. The predicted octanol–water partition coefficient (Wildman–Crippen LogP) is 4.33. The first-order valence-electron chi connectivity index (χ1n) is 4.77. The van der Waals surface area contributed by atoms with Crippen LogP contribution in [0.25, 0.3) is 0 Å². The summed E-state index contributed by atoms with van der Waals surface area (Å²) >= 11 is 3.68. The molecule has 0 N–H and O–H groups in total. The van der Waals surface area contributed by atoms with Crippen LogP contribution < -0.4 is 0 Å². The highest BCUT2D eigenvalue weighted by atomic mass is 79.9. The average Bonchev–Trinajstić information content (AvgIpc) is 2.01. The fourth-order valence-corrected chi connectivity index (χ4v) is 1.63. The van der Waals surface area contributed by atoms with Crippen LogP contribution in [0.4, 0.5) is 0 Å². The van der Waals surface area contributed by atoms with Gasteiger partial charge in [-0.2, -0.15) is 0 Å². The zero-order valence-corrected chi connectivity index (χ0v) is 9.36. The second-order valence-electron chi connectivity index (χ2n) is 3.05. The van der Waals surface area contributed by atoms with Crippen LogP contribution in [0.15, 0.2) is 0 Å². The summed E-state index contributed by atoms with van der Waals surface area (Å²) in [5.74, 6) is 0. The van der Waals surface area contributed by atoms with Crippen LogP contribution >= 0.6 is 15.9 Å². The Hall–Kier alpha value is 0.480. The first-order valence-corrected chi connectivity index (χ1v) is 5.68. The number of hydrogen-bond donors (Lipinski definition) is 0. The third kappa shape index (κ3) is 8.39. The van der Waals surface area contributed by atoms with Crippen molar-refractivity contribution in [2.24, 2.45) is 0 Å². The van der Waals surface area contributed by atoms with E-state index in [1.807, 2.05) is 0 Å². The van der Waals surface area contributed by atoms with Crippen molar-refractivity contribution in [3.05, 3.63) is 6.42 Å². The normalized spacial score (nSPS) is 13.4. The van der Waals surface area contributed by atoms with Crippen LogP contribution in [0.3, 0.4) is 0 Å². The van der Waals surface area contributed by atoms with Gasteiger partial charge in [0, 0.05) is 4.83 Å². The maximum atomic E-state index is 3.68. The van der Waals surface area contributed by atoms with Crippen LogP contribution in [0.5, 0.6) is 0 Å². The zero-order chi connectivity index (χ0) is 8.53. The SMILES string of the molecule is CCC[CH]CC(Br)CCCC. The van der Waals surface area contributed by atoms with E-state index in [4.69, 9.17) is 0 Å². The smallest absolute Gasteiger partial charge is 0.0148 e. The Labute approximate surface area is 79.9 Å². The van der Waals surface area contributed by atoms with Gasteiger partial charge in [0.25, 0.3) is 0 Å². The van der Waals surface area contributed by atoms with E-state index in [-0.39, 0.29) is 0 Å². The van der Waals surface area contributed by atoms with Gasteiger partial charge in [-0.1, -0.05) is 55.5 Å². The van der Waals surface area contributed by atoms with Crippen molar-refractivity contribution in [3.63, 3.8) is 0 Å². The lowest BCUT2D eigenvalue weighted by molar-refractivity contribution is 0.669. The van der Waals surface area contributed by atoms with Crippen LogP contribution in [0, 0.1) is 6.42 Å². The molecule has 0 aliphatic carbocycles. The van der Waals surface area contributed by atoms with Gasteiger partial charge in [-0.3, -0.25) is 0 Å². The maximum Gasteiger partial charge on any atom is 0.0148 e. The van der Waals surface area contributed by atoms with Crippen LogP contribution in [0.1, 0.15) is 52.4 Å². The molecule has 1 unspecified atom stereocenters. The molecule has 0 nitrogen and oxygen atoms in total. The van der Waals surface area contributed by atoms with Gasteiger partial charge in [-0.25, -0.2) is 0 Å². The van der Waals surface area contributed by atoms with Gasteiger partial charge in [0.2, 0.25) is 0 Å². The van der Waals surface area contributed by atoms with Crippen LogP contribution in [-0.2, 0) is 0 Å². The summed E-state index contributed by atoms with van der Waals surface area (Å²) in [6.07, 6.45) is 10.2. The van der Waals surface area contributed by atoms with Crippen molar-refractivity contribution in [2.45, 2.75) is 57.2 Å². The quantitative estimate of drug-likeness (QED) is 0.442. The molecular formula is C10H20Br. The molecule has 0 rings (SSSR count). The third-order valence-electron chi connectivity index (χ3n) is 1.79. The van der Waals surface area contributed by atoms with E-state index in [2.05, 4.69) is 36.2 Å². The molecule has 0 amide bonds. The summed E-state index contributed by atoms with van der Waals surface area (Å²) in [7, 11) is 0. The molecule has 0 spiro atoms. The van der Waals surface area contributed by atoms with E-state index in [0.29, 0.717) is 0 Å². The van der Waals surface area contributed by atoms with Crippen molar-refractivity contribution in [1.29, 1.82) is 0 Å². The molecule has 0 aliphatic rings. The minimum absolute atomic E-state index is 0.731. The molecule has 11 heavy (non-hydrogen) atoms. The van der Waals surface area contributed by atoms with Crippen molar-refractivity contribution >= 4 is 15.9 Å². The number of hydrogen-bond acceptors (Lipinski definition) is 0. The molecule has 0 aliphatic heterocycles. The van der Waals surface area contributed by atoms with Gasteiger partial charge in [0.15, 0.2) is 0 Å². The molecule has 0 aromatic rings. The van der Waals surface area contributed by atoms with Crippen molar-refractivity contribution in [2.75, 3.05) is 0 Å². The fourth-order valence-electron chi connectivity index (χ4n) is 1.05. The molecule has 1 atom stereocenters. The van der Waals surface area contributed by atoms with Crippen molar-refractivity contribution in [1.82, 2.24) is 0 Å². The average molecular weight is 220 g/mol. The first-order chi connectivity index (χ1) is 5.31. The van der Waals surface area contributed by atoms with E-state index in [9.17, 15) is 0 Å². The Morgan fingerprint density at radius 3 is 2.55 bits per heavy atom. The van der Waals surface area contributed by atoms with Gasteiger partial charge in [-0.15, -0.1) is 0 Å². The number of alkyl halides is 1. The Balaban J connectivity index is 3.02. The lowest BCUT2D eigenvalue weighted by Crippen LogP contribution is -1.97. The Morgan fingerprint density at radius 1 is 1.27 bits per heavy atom. The van der Waals surface area contributed by atoms with Crippen LogP contribution in [0.2, 0.25) is 0 Å². The molecule has 0 aromatic carbocycles. The second-order valence-corrected chi connectivity index (χ2v) is 4.35. The number of rotatable bonds is 7. The summed E-state index contributed by atoms with van der Waals surface area (Å²) in [5, 5.41) is 0. The van der Waals surface area contributed by atoms with Gasteiger partial charge < -0.3 is 0 Å². The van der Waals surface area contributed by atoms with E-state index in [1.165, 1.54) is 38.5 Å². The summed E-state index contributed by atoms with van der Waals surface area (Å²) in [5.41, 5.74) is 0. The standard InChI is InChI=1S/C10H20Br/c1-3-5-7-9-10(11)8-6-4-2/h7,10H,3-6,8-9H2,1-2H3. The minimum atomic E-state index is 0.731. The molecule has 0 saturated carbocycles. The predicted molar refractivity (Wildman–Crippen MR) is 56.1 cm³/mol. The molecular weight excluding hydrogens is 200 g/mol. The molecule has 0 fully saturated rings. The molecule has 0 bridgehead atoms. The lowest BCUT2D eigenvalue weighted by atomic mass is 10.1. The Kier molecular flexibility index (Phi) is 8.95. The highest BCUT2D eigenvalue weighted by Gasteiger charge is 2.01. The van der Waals surface area contributed by atoms with Crippen LogP contribution in [-0.4, -0.2) is 4.83 Å². The highest BCUT2D eigenvalue weighted by molar-refractivity contribution is 9.09. The van der Waals surface area contributed by atoms with Gasteiger partial charge in [-0.05, 0) is 19.3 Å². The van der Waals surface area contributed by atoms with E-state index >= 15 is 0 Å². The van der Waals surface area contributed by atoms with E-state index in [1.54, 1.807) is 0 Å². The first kappa shape index (κ1) is 11.5. The van der Waals surface area contributed by atoms with Crippen molar-refractivity contribution < 1.29 is 0 Å². The molecule has 0 aromatic heterocycles. The van der Waals surface area contributed by atoms with E-state index < -0.39 is 0 Å². The number of unbranched alkanes of at least 4 members (excludes halogenated alkanes) is 3. The fraction of sp³-hybridized carbons (Fsp3) is 0.900. The minimum Gasteiger partial charge on any atom is -0.0891 e. The topological polar surface area (TPSA) is 0 Å².